The number of anilines is 2. The minimum absolute atomic E-state index is 0.246. The first-order valence-corrected chi connectivity index (χ1v) is 14.0. The van der Waals surface area contributed by atoms with Gasteiger partial charge in [-0.15, -0.1) is 0 Å². The van der Waals surface area contributed by atoms with Gasteiger partial charge in [-0.25, -0.2) is 9.29 Å². The standard InChI is InChI=1S/C29H22FN3O4S2/c1-16-7-13-19(14-8-16)31-21(34)15-32-28-25(39-29(32)37)22(17-9-11-18(30)12-10-17)23-24(38-28)27(36)33(26(23)35)20-5-3-2-4-6-20/h2-14,22-24H,15H2,1H3,(H,31,34). The van der Waals surface area contributed by atoms with Crippen LogP contribution in [0.2, 0.25) is 0 Å². The van der Waals surface area contributed by atoms with Gasteiger partial charge in [0.2, 0.25) is 17.7 Å². The third kappa shape index (κ3) is 4.49. The zero-order chi connectivity index (χ0) is 27.3. The number of carbonyl (C=O) groups excluding carboxylic acids is 3. The molecule has 7 nitrogen and oxygen atoms in total. The molecule has 4 aromatic rings. The molecule has 2 aliphatic heterocycles. The maximum Gasteiger partial charge on any atom is 0.308 e. The average Bonchev–Trinajstić information content (AvgIpc) is 3.37. The summed E-state index contributed by atoms with van der Waals surface area (Å²) in [6.45, 7) is 1.70. The number of halogens is 1. The second-order valence-electron chi connectivity index (χ2n) is 9.48. The van der Waals surface area contributed by atoms with Crippen LogP contribution in [0.3, 0.4) is 0 Å². The van der Waals surface area contributed by atoms with E-state index in [1.165, 1.54) is 21.6 Å². The fraction of sp³-hybridized carbons (Fsp3) is 0.172. The Bertz CT molecular complexity index is 1650. The molecule has 2 aliphatic rings. The quantitative estimate of drug-likeness (QED) is 0.355. The molecule has 3 atom stereocenters. The molecule has 1 fully saturated rings. The number of carbonyl (C=O) groups is 3. The van der Waals surface area contributed by atoms with Crippen molar-refractivity contribution in [3.05, 3.63) is 110 Å². The first kappa shape index (κ1) is 25.3. The van der Waals surface area contributed by atoms with Crippen LogP contribution in [0.4, 0.5) is 15.8 Å². The Morgan fingerprint density at radius 3 is 2.31 bits per heavy atom. The number of imide groups is 1. The van der Waals surface area contributed by atoms with Gasteiger partial charge >= 0.3 is 4.87 Å². The first-order chi connectivity index (χ1) is 18.8. The van der Waals surface area contributed by atoms with Crippen LogP contribution in [0.15, 0.2) is 88.7 Å². The largest absolute Gasteiger partial charge is 0.325 e. The molecule has 39 heavy (non-hydrogen) atoms. The van der Waals surface area contributed by atoms with Crippen LogP contribution in [0.5, 0.6) is 0 Å². The summed E-state index contributed by atoms with van der Waals surface area (Å²) in [5.74, 6) is -2.99. The summed E-state index contributed by atoms with van der Waals surface area (Å²) in [5.41, 5.74) is 2.75. The van der Waals surface area contributed by atoms with Crippen molar-refractivity contribution >= 4 is 52.2 Å². The van der Waals surface area contributed by atoms with E-state index >= 15 is 0 Å². The lowest BCUT2D eigenvalue weighted by atomic mass is 9.83. The van der Waals surface area contributed by atoms with Crippen LogP contribution >= 0.6 is 23.1 Å². The summed E-state index contributed by atoms with van der Waals surface area (Å²) in [6.07, 6.45) is 0. The number of hydrogen-bond donors (Lipinski definition) is 1. The maximum atomic E-state index is 13.8. The fourth-order valence-electron chi connectivity index (χ4n) is 5.10. The predicted molar refractivity (Wildman–Crippen MR) is 149 cm³/mol. The summed E-state index contributed by atoms with van der Waals surface area (Å²) in [6, 6.07) is 21.8. The van der Waals surface area contributed by atoms with E-state index < -0.39 is 22.9 Å². The third-order valence-corrected chi connectivity index (χ3v) is 9.53. The molecule has 1 aromatic heterocycles. The number of fused-ring (bicyclic) bond motifs is 2. The van der Waals surface area contributed by atoms with Gasteiger partial charge in [0, 0.05) is 16.5 Å². The number of nitrogens with zero attached hydrogens (tertiary/aromatic N) is 2. The molecular weight excluding hydrogens is 537 g/mol. The van der Waals surface area contributed by atoms with E-state index in [1.807, 2.05) is 19.1 Å². The molecule has 0 radical (unpaired) electrons. The van der Waals surface area contributed by atoms with Crippen molar-refractivity contribution in [1.82, 2.24) is 4.57 Å². The number of nitrogens with one attached hydrogen (secondary N) is 1. The van der Waals surface area contributed by atoms with Crippen molar-refractivity contribution in [2.45, 2.75) is 29.7 Å². The van der Waals surface area contributed by atoms with Crippen molar-refractivity contribution in [3.63, 3.8) is 0 Å². The molecule has 3 amide bonds. The summed E-state index contributed by atoms with van der Waals surface area (Å²) in [5, 5.41) is 2.48. The molecule has 6 rings (SSSR count). The molecule has 0 bridgehead atoms. The van der Waals surface area contributed by atoms with Crippen LogP contribution in [0, 0.1) is 18.7 Å². The Morgan fingerprint density at radius 1 is 0.923 bits per heavy atom. The van der Waals surface area contributed by atoms with Gasteiger partial charge in [-0.05, 0) is 48.9 Å². The Morgan fingerprint density at radius 2 is 1.62 bits per heavy atom. The van der Waals surface area contributed by atoms with E-state index in [-0.39, 0.29) is 29.1 Å². The van der Waals surface area contributed by atoms with Crippen molar-refractivity contribution in [2.75, 3.05) is 10.2 Å². The number of hydrogen-bond acceptors (Lipinski definition) is 6. The van der Waals surface area contributed by atoms with E-state index in [0.29, 0.717) is 26.8 Å². The second kappa shape index (κ2) is 9.94. The van der Waals surface area contributed by atoms with E-state index in [4.69, 9.17) is 0 Å². The zero-order valence-electron chi connectivity index (χ0n) is 20.7. The van der Waals surface area contributed by atoms with Crippen molar-refractivity contribution in [3.8, 4) is 0 Å². The maximum absolute atomic E-state index is 13.8. The number of rotatable bonds is 5. The Kier molecular flexibility index (Phi) is 6.44. The van der Waals surface area contributed by atoms with Gasteiger partial charge < -0.3 is 5.32 Å². The lowest BCUT2D eigenvalue weighted by molar-refractivity contribution is -0.122. The van der Waals surface area contributed by atoms with Crippen LogP contribution < -0.4 is 15.1 Å². The fourth-order valence-corrected chi connectivity index (χ4v) is 7.87. The van der Waals surface area contributed by atoms with Crippen LogP contribution in [0.1, 0.15) is 21.9 Å². The van der Waals surface area contributed by atoms with E-state index in [9.17, 15) is 23.6 Å². The monoisotopic (exact) mass is 559 g/mol. The third-order valence-electron chi connectivity index (χ3n) is 6.93. The van der Waals surface area contributed by atoms with Gasteiger partial charge in [-0.3, -0.25) is 23.7 Å². The predicted octanol–water partition coefficient (Wildman–Crippen LogP) is 4.79. The van der Waals surface area contributed by atoms with Gasteiger partial charge in [-0.1, -0.05) is 71.1 Å². The van der Waals surface area contributed by atoms with Crippen molar-refractivity contribution in [1.29, 1.82) is 0 Å². The molecule has 0 spiro atoms. The van der Waals surface area contributed by atoms with E-state index in [1.54, 1.807) is 54.6 Å². The molecular formula is C29H22FN3O4S2. The van der Waals surface area contributed by atoms with Gasteiger partial charge in [0.1, 0.15) is 17.6 Å². The second-order valence-corrected chi connectivity index (χ2v) is 11.6. The number of amides is 3. The summed E-state index contributed by atoms with van der Waals surface area (Å²) >= 11 is 2.10. The SMILES string of the molecule is Cc1ccc(NC(=O)Cn2c3c(sc2=O)C(c2ccc(F)cc2)C2C(=O)N(c4ccccc4)C(=O)C2S3)cc1. The van der Waals surface area contributed by atoms with Crippen LogP contribution in [-0.2, 0) is 20.9 Å². The molecule has 3 unspecified atom stereocenters. The Hall–Kier alpha value is -4.02. The Balaban J connectivity index is 1.40. The molecule has 1 N–H and O–H groups in total. The van der Waals surface area contributed by atoms with Crippen LogP contribution in [0.25, 0.3) is 0 Å². The highest BCUT2D eigenvalue weighted by Crippen LogP contribution is 2.53. The number of aryl methyl sites for hydroxylation is 1. The summed E-state index contributed by atoms with van der Waals surface area (Å²) < 4.78 is 15.2. The average molecular weight is 560 g/mol. The van der Waals surface area contributed by atoms with E-state index in [0.717, 1.165) is 28.7 Å². The minimum atomic E-state index is -0.805. The number of thioether (sulfide) groups is 1. The number of aromatic nitrogens is 1. The highest BCUT2D eigenvalue weighted by Gasteiger charge is 2.56. The molecule has 1 saturated heterocycles. The van der Waals surface area contributed by atoms with Gasteiger partial charge in [0.25, 0.3) is 0 Å². The lowest BCUT2D eigenvalue weighted by Gasteiger charge is -2.30. The lowest BCUT2D eigenvalue weighted by Crippen LogP contribution is -2.33. The molecule has 3 aromatic carbocycles. The molecule has 196 valence electrons. The smallest absolute Gasteiger partial charge is 0.308 e. The van der Waals surface area contributed by atoms with Gasteiger partial charge in [-0.2, -0.15) is 0 Å². The summed E-state index contributed by atoms with van der Waals surface area (Å²) in [4.78, 5) is 55.0. The van der Waals surface area contributed by atoms with Gasteiger partial charge in [0.05, 0.1) is 16.6 Å². The van der Waals surface area contributed by atoms with Crippen LogP contribution in [-0.4, -0.2) is 27.5 Å². The van der Waals surface area contributed by atoms with Crippen molar-refractivity contribution in [2.24, 2.45) is 5.92 Å². The zero-order valence-corrected chi connectivity index (χ0v) is 22.3. The molecule has 3 heterocycles. The number of thiazole rings is 1. The van der Waals surface area contributed by atoms with Gasteiger partial charge in [0.15, 0.2) is 0 Å². The normalized spacial score (nSPS) is 20.1. The molecule has 0 saturated carbocycles. The Labute approximate surface area is 231 Å². The topological polar surface area (TPSA) is 88.5 Å². The highest BCUT2D eigenvalue weighted by atomic mass is 32.2. The number of benzene rings is 3. The summed E-state index contributed by atoms with van der Waals surface area (Å²) in [7, 11) is 0. The molecule has 10 heteroatoms. The van der Waals surface area contributed by atoms with Crippen molar-refractivity contribution < 1.29 is 18.8 Å². The number of para-hydroxylation sites is 1. The van der Waals surface area contributed by atoms with E-state index in [2.05, 4.69) is 5.32 Å². The first-order valence-electron chi connectivity index (χ1n) is 12.3. The highest BCUT2D eigenvalue weighted by molar-refractivity contribution is 8.00. The minimum Gasteiger partial charge on any atom is -0.325 e. The molecule has 0 aliphatic carbocycles.